The summed E-state index contributed by atoms with van der Waals surface area (Å²) in [6, 6.07) is 0. The van der Waals surface area contributed by atoms with Crippen molar-refractivity contribution < 1.29 is 9.53 Å². The molecule has 1 N–H and O–H groups in total. The fraction of sp³-hybridized carbons (Fsp3) is 0.917. The second kappa shape index (κ2) is 6.57. The number of hydrogen-bond acceptors (Lipinski definition) is 3. The van der Waals surface area contributed by atoms with E-state index in [2.05, 4.69) is 5.32 Å². The van der Waals surface area contributed by atoms with Gasteiger partial charge in [0.05, 0.1) is 6.10 Å². The number of hydrogen-bond donors (Lipinski definition) is 1. The third-order valence-corrected chi connectivity index (χ3v) is 3.79. The van der Waals surface area contributed by atoms with E-state index in [1.54, 1.807) is 0 Å². The lowest BCUT2D eigenvalue weighted by Gasteiger charge is -2.34. The first-order valence-electron chi connectivity index (χ1n) is 6.26. The fourth-order valence-corrected chi connectivity index (χ4v) is 2.40. The number of amides is 1. The molecule has 2 atom stereocenters. The average Bonchev–Trinajstić information content (AvgIpc) is 2.66. The summed E-state index contributed by atoms with van der Waals surface area (Å²) in [6.45, 7) is 5.62. The molecule has 0 bridgehead atoms. The molecule has 0 spiro atoms. The van der Waals surface area contributed by atoms with Gasteiger partial charge in [0.1, 0.15) is 0 Å². The number of carbonyl (C=O) groups excluding carboxylic acids is 1. The Hall–Kier alpha value is -0.320. The largest absolute Gasteiger partial charge is 0.376 e. The molecule has 0 aromatic rings. The van der Waals surface area contributed by atoms with Crippen molar-refractivity contribution in [1.82, 2.24) is 10.2 Å². The quantitative estimate of drug-likeness (QED) is 0.819. The van der Waals surface area contributed by atoms with Crippen molar-refractivity contribution in [3.05, 3.63) is 0 Å². The number of ether oxygens (including phenoxy) is 1. The second-order valence-corrected chi connectivity index (χ2v) is 5.06. The summed E-state index contributed by atoms with van der Waals surface area (Å²) in [4.78, 5) is 14.0. The van der Waals surface area contributed by atoms with Gasteiger partial charge in [-0.05, 0) is 31.8 Å². The number of likely N-dealkylation sites (N-methyl/N-ethyl adjacent to an activating group) is 1. The number of nitrogens with one attached hydrogen (secondary N) is 1. The zero-order valence-corrected chi connectivity index (χ0v) is 11.5. The van der Waals surface area contributed by atoms with Crippen molar-refractivity contribution >= 4 is 18.3 Å². The first-order chi connectivity index (χ1) is 7.68. The molecule has 0 saturated carbocycles. The van der Waals surface area contributed by atoms with Gasteiger partial charge in [0.15, 0.2) is 0 Å². The van der Waals surface area contributed by atoms with Crippen LogP contribution in [0.1, 0.15) is 19.8 Å². The van der Waals surface area contributed by atoms with Crippen LogP contribution >= 0.6 is 12.4 Å². The lowest BCUT2D eigenvalue weighted by atomic mass is 9.88. The van der Waals surface area contributed by atoms with Crippen LogP contribution in [0.5, 0.6) is 0 Å². The maximum atomic E-state index is 12.1. The van der Waals surface area contributed by atoms with E-state index in [1.165, 1.54) is 0 Å². The van der Waals surface area contributed by atoms with E-state index >= 15 is 0 Å². The highest BCUT2D eigenvalue weighted by molar-refractivity contribution is 5.85. The van der Waals surface area contributed by atoms with Crippen LogP contribution in [0, 0.1) is 11.8 Å². The maximum absolute atomic E-state index is 12.1. The summed E-state index contributed by atoms with van der Waals surface area (Å²) in [7, 11) is 1.90. The highest BCUT2D eigenvalue weighted by Crippen LogP contribution is 2.19. The predicted molar refractivity (Wildman–Crippen MR) is 69.4 cm³/mol. The number of nitrogens with zero attached hydrogens (tertiary/aromatic N) is 1. The Labute approximate surface area is 109 Å². The van der Waals surface area contributed by atoms with Crippen LogP contribution in [0.3, 0.4) is 0 Å². The molecular weight excluding hydrogens is 240 g/mol. The van der Waals surface area contributed by atoms with E-state index in [0.717, 1.165) is 39.1 Å². The monoisotopic (exact) mass is 262 g/mol. The lowest BCUT2D eigenvalue weighted by molar-refractivity contribution is -0.137. The van der Waals surface area contributed by atoms with Crippen molar-refractivity contribution in [3.8, 4) is 0 Å². The third kappa shape index (κ3) is 3.57. The number of rotatable bonds is 4. The van der Waals surface area contributed by atoms with Gasteiger partial charge >= 0.3 is 0 Å². The molecule has 0 aliphatic carbocycles. The fourth-order valence-electron chi connectivity index (χ4n) is 2.40. The Balaban J connectivity index is 0.00000144. The molecule has 2 fully saturated rings. The summed E-state index contributed by atoms with van der Waals surface area (Å²) < 4.78 is 5.55. The van der Waals surface area contributed by atoms with Crippen molar-refractivity contribution in [3.63, 3.8) is 0 Å². The Kier molecular flexibility index (Phi) is 5.70. The van der Waals surface area contributed by atoms with E-state index in [-0.39, 0.29) is 30.3 Å². The molecule has 0 radical (unpaired) electrons. The standard InChI is InChI=1S/C12H22N2O2.ClH/c1-9(10-6-13-7-10)12(15)14(2)8-11-4-3-5-16-11;/h9-11,13H,3-8H2,1-2H3;1H. The Morgan fingerprint density at radius 1 is 1.53 bits per heavy atom. The van der Waals surface area contributed by atoms with Crippen LogP contribution < -0.4 is 5.32 Å². The molecule has 2 rings (SSSR count). The van der Waals surface area contributed by atoms with Crippen LogP contribution in [-0.2, 0) is 9.53 Å². The molecule has 100 valence electrons. The Morgan fingerprint density at radius 2 is 2.24 bits per heavy atom. The summed E-state index contributed by atoms with van der Waals surface area (Å²) in [5, 5.41) is 3.21. The van der Waals surface area contributed by atoms with E-state index in [9.17, 15) is 4.79 Å². The minimum atomic E-state index is 0. The highest BCUT2D eigenvalue weighted by Gasteiger charge is 2.31. The maximum Gasteiger partial charge on any atom is 0.225 e. The number of carbonyl (C=O) groups is 1. The molecular formula is C12H23ClN2O2. The number of halogens is 1. The Morgan fingerprint density at radius 3 is 2.71 bits per heavy atom. The third-order valence-electron chi connectivity index (χ3n) is 3.79. The van der Waals surface area contributed by atoms with Crippen LogP contribution in [0.4, 0.5) is 0 Å². The molecule has 0 aromatic carbocycles. The van der Waals surface area contributed by atoms with E-state index in [0.29, 0.717) is 5.92 Å². The van der Waals surface area contributed by atoms with Gasteiger partial charge in [-0.15, -0.1) is 12.4 Å². The smallest absolute Gasteiger partial charge is 0.225 e. The molecule has 1 amide bonds. The van der Waals surface area contributed by atoms with Gasteiger partial charge < -0.3 is 15.0 Å². The first kappa shape index (κ1) is 14.7. The topological polar surface area (TPSA) is 41.6 Å². The summed E-state index contributed by atoms with van der Waals surface area (Å²) in [5.41, 5.74) is 0. The Bertz CT molecular complexity index is 253. The van der Waals surface area contributed by atoms with Gasteiger partial charge in [-0.3, -0.25) is 4.79 Å². The van der Waals surface area contributed by atoms with Crippen LogP contribution in [0.15, 0.2) is 0 Å². The van der Waals surface area contributed by atoms with Crippen molar-refractivity contribution in [2.24, 2.45) is 11.8 Å². The van der Waals surface area contributed by atoms with Gasteiger partial charge in [-0.25, -0.2) is 0 Å². The normalized spacial score (nSPS) is 25.9. The van der Waals surface area contributed by atoms with Crippen LogP contribution in [0.2, 0.25) is 0 Å². The van der Waals surface area contributed by atoms with Gasteiger partial charge in [0.2, 0.25) is 5.91 Å². The molecule has 4 nitrogen and oxygen atoms in total. The lowest BCUT2D eigenvalue weighted by Crippen LogP contribution is -2.50. The van der Waals surface area contributed by atoms with Crippen molar-refractivity contribution in [2.75, 3.05) is 33.3 Å². The van der Waals surface area contributed by atoms with E-state index < -0.39 is 0 Å². The zero-order chi connectivity index (χ0) is 11.5. The van der Waals surface area contributed by atoms with Gasteiger partial charge in [-0.2, -0.15) is 0 Å². The minimum Gasteiger partial charge on any atom is -0.376 e. The average molecular weight is 263 g/mol. The summed E-state index contributed by atoms with van der Waals surface area (Å²) in [6.07, 6.45) is 2.49. The minimum absolute atomic E-state index is 0. The van der Waals surface area contributed by atoms with Gasteiger partial charge in [0, 0.05) is 26.1 Å². The van der Waals surface area contributed by atoms with Crippen LogP contribution in [-0.4, -0.2) is 50.2 Å². The van der Waals surface area contributed by atoms with Crippen LogP contribution in [0.25, 0.3) is 0 Å². The molecule has 2 unspecified atom stereocenters. The second-order valence-electron chi connectivity index (χ2n) is 5.06. The molecule has 2 aliphatic rings. The van der Waals surface area contributed by atoms with Gasteiger partial charge in [0.25, 0.3) is 0 Å². The first-order valence-corrected chi connectivity index (χ1v) is 6.26. The summed E-state index contributed by atoms with van der Waals surface area (Å²) in [5.74, 6) is 0.939. The molecule has 2 heterocycles. The molecule has 17 heavy (non-hydrogen) atoms. The molecule has 5 heteroatoms. The van der Waals surface area contributed by atoms with Crippen molar-refractivity contribution in [2.45, 2.75) is 25.9 Å². The predicted octanol–water partition coefficient (Wildman–Crippen LogP) is 0.901. The van der Waals surface area contributed by atoms with E-state index in [4.69, 9.17) is 4.74 Å². The zero-order valence-electron chi connectivity index (χ0n) is 10.6. The van der Waals surface area contributed by atoms with Crippen molar-refractivity contribution in [1.29, 1.82) is 0 Å². The van der Waals surface area contributed by atoms with E-state index in [1.807, 2.05) is 18.9 Å². The van der Waals surface area contributed by atoms with Gasteiger partial charge in [-0.1, -0.05) is 6.92 Å². The molecule has 0 aromatic heterocycles. The highest BCUT2D eigenvalue weighted by atomic mass is 35.5. The molecule has 2 saturated heterocycles. The molecule has 2 aliphatic heterocycles. The summed E-state index contributed by atoms with van der Waals surface area (Å²) >= 11 is 0. The SMILES string of the molecule is CC(C(=O)N(C)CC1CCCO1)C1CNC1.Cl.